The topological polar surface area (TPSA) is 81.5 Å². The minimum atomic E-state index is -0.692. The van der Waals surface area contributed by atoms with Crippen LogP contribution in [0.3, 0.4) is 0 Å². The number of hydrogen-bond donors (Lipinski definition) is 1. The lowest BCUT2D eigenvalue weighted by molar-refractivity contribution is -0.481. The number of rotatable bonds is 5. The minimum absolute atomic E-state index is 0.385. The van der Waals surface area contributed by atoms with E-state index in [-0.39, 0.29) is 6.54 Å². The Hall–Kier alpha value is -2.37. The summed E-state index contributed by atoms with van der Waals surface area (Å²) < 4.78 is 4.46. The zero-order chi connectivity index (χ0) is 14.3. The Morgan fingerprint density at radius 2 is 2.11 bits per heavy atom. The van der Waals surface area contributed by atoms with Crippen molar-refractivity contribution in [3.8, 4) is 0 Å². The maximum Gasteiger partial charge on any atom is 0.407 e. The van der Waals surface area contributed by atoms with Crippen LogP contribution in [0.15, 0.2) is 35.9 Å². The van der Waals surface area contributed by atoms with Crippen molar-refractivity contribution in [3.63, 3.8) is 0 Å². The molecule has 0 radical (unpaired) electrons. The molecule has 1 aromatic rings. The molecule has 0 fully saturated rings. The predicted octanol–water partition coefficient (Wildman–Crippen LogP) is 2.09. The van der Waals surface area contributed by atoms with Crippen molar-refractivity contribution >= 4 is 12.2 Å². The highest BCUT2D eigenvalue weighted by Crippen LogP contribution is 2.10. The maximum atomic E-state index is 11.2. The summed E-state index contributed by atoms with van der Waals surface area (Å²) >= 11 is 0. The molecule has 1 rings (SSSR count). The molecule has 1 amide bonds. The van der Waals surface area contributed by atoms with Crippen LogP contribution in [0.5, 0.6) is 0 Å². The molecule has 19 heavy (non-hydrogen) atoms. The van der Waals surface area contributed by atoms with Crippen LogP contribution in [-0.2, 0) is 4.74 Å². The number of nitrogens with one attached hydrogen (secondary N) is 1. The molecule has 6 heteroatoms. The van der Waals surface area contributed by atoms with Crippen molar-refractivity contribution in [1.29, 1.82) is 0 Å². The second kappa shape index (κ2) is 7.15. The highest BCUT2D eigenvalue weighted by molar-refractivity contribution is 5.68. The van der Waals surface area contributed by atoms with Gasteiger partial charge in [-0.15, -0.1) is 0 Å². The minimum Gasteiger partial charge on any atom is -0.453 e. The van der Waals surface area contributed by atoms with E-state index in [1.54, 1.807) is 13.0 Å². The van der Waals surface area contributed by atoms with Crippen molar-refractivity contribution in [2.24, 2.45) is 0 Å². The number of ether oxygens (including phenoxy) is 1. The predicted molar refractivity (Wildman–Crippen MR) is 71.3 cm³/mol. The van der Waals surface area contributed by atoms with Gasteiger partial charge in [0.25, 0.3) is 0 Å². The first kappa shape index (κ1) is 14.7. The van der Waals surface area contributed by atoms with Gasteiger partial charge in [-0.1, -0.05) is 36.4 Å². The Balaban J connectivity index is 2.87. The average Bonchev–Trinajstić information content (AvgIpc) is 2.38. The van der Waals surface area contributed by atoms with Gasteiger partial charge in [0, 0.05) is 4.92 Å². The number of carbonyl (C=O) groups excluding carboxylic acids is 1. The fourth-order valence-corrected chi connectivity index (χ4v) is 1.57. The van der Waals surface area contributed by atoms with Crippen molar-refractivity contribution in [2.75, 3.05) is 13.7 Å². The Morgan fingerprint density at radius 1 is 1.47 bits per heavy atom. The first-order valence-corrected chi connectivity index (χ1v) is 5.72. The normalized spacial score (nSPS) is 12.6. The van der Waals surface area contributed by atoms with Gasteiger partial charge in [0.05, 0.1) is 7.11 Å². The van der Waals surface area contributed by atoms with Crippen LogP contribution >= 0.6 is 0 Å². The molecule has 1 atom stereocenters. The Kier molecular flexibility index (Phi) is 5.53. The largest absolute Gasteiger partial charge is 0.453 e. The van der Waals surface area contributed by atoms with E-state index in [0.29, 0.717) is 5.57 Å². The number of benzene rings is 1. The van der Waals surface area contributed by atoms with Crippen LogP contribution in [0, 0.1) is 10.1 Å². The second-order valence-electron chi connectivity index (χ2n) is 4.00. The number of carbonyl (C=O) groups is 1. The molecular weight excluding hydrogens is 248 g/mol. The van der Waals surface area contributed by atoms with Crippen LogP contribution in [0.2, 0.25) is 0 Å². The SMILES string of the molecule is COC(=O)N[C@@H](C[N+](=O)[O-])/C(C)=C/c1ccccc1. The summed E-state index contributed by atoms with van der Waals surface area (Å²) in [5.41, 5.74) is 1.60. The molecule has 0 aliphatic rings. The summed E-state index contributed by atoms with van der Waals surface area (Å²) in [4.78, 5) is 21.3. The fourth-order valence-electron chi connectivity index (χ4n) is 1.57. The van der Waals surface area contributed by atoms with Gasteiger partial charge in [-0.05, 0) is 18.1 Å². The van der Waals surface area contributed by atoms with Crippen molar-refractivity contribution < 1.29 is 14.5 Å². The summed E-state index contributed by atoms with van der Waals surface area (Å²) in [6.07, 6.45) is 1.11. The number of nitro groups is 1. The van der Waals surface area contributed by atoms with E-state index in [9.17, 15) is 14.9 Å². The standard InChI is InChI=1S/C13H16N2O4/c1-10(8-11-6-4-3-5-7-11)12(9-15(17)18)14-13(16)19-2/h3-8,12H,9H2,1-2H3,(H,14,16)/b10-8+/t12-/m0/s1. The molecule has 6 nitrogen and oxygen atoms in total. The highest BCUT2D eigenvalue weighted by Gasteiger charge is 2.20. The fraction of sp³-hybridized carbons (Fsp3) is 0.308. The van der Waals surface area contributed by atoms with Gasteiger partial charge < -0.3 is 10.1 Å². The molecule has 0 spiro atoms. The van der Waals surface area contributed by atoms with Crippen LogP contribution in [0.25, 0.3) is 6.08 Å². The van der Waals surface area contributed by atoms with Crippen LogP contribution in [0.1, 0.15) is 12.5 Å². The monoisotopic (exact) mass is 264 g/mol. The zero-order valence-electron chi connectivity index (χ0n) is 10.8. The number of amides is 1. The Labute approximate surface area is 111 Å². The van der Waals surface area contributed by atoms with E-state index in [4.69, 9.17) is 0 Å². The van der Waals surface area contributed by atoms with E-state index in [1.165, 1.54) is 7.11 Å². The molecule has 0 bridgehead atoms. The summed E-state index contributed by atoms with van der Waals surface area (Å²) in [5.74, 6) is 0. The van der Waals surface area contributed by atoms with E-state index >= 15 is 0 Å². The molecule has 1 aromatic carbocycles. The van der Waals surface area contributed by atoms with Crippen LogP contribution in [0.4, 0.5) is 4.79 Å². The molecule has 0 unspecified atom stereocenters. The Morgan fingerprint density at radius 3 is 2.63 bits per heavy atom. The zero-order valence-corrected chi connectivity index (χ0v) is 10.8. The van der Waals surface area contributed by atoms with Gasteiger partial charge >= 0.3 is 6.09 Å². The third-order valence-corrected chi connectivity index (χ3v) is 2.55. The molecule has 0 heterocycles. The number of methoxy groups -OCH3 is 1. The molecular formula is C13H16N2O4. The van der Waals surface area contributed by atoms with Crippen molar-refractivity contribution in [2.45, 2.75) is 13.0 Å². The lowest BCUT2D eigenvalue weighted by atomic mass is 10.1. The van der Waals surface area contributed by atoms with Crippen molar-refractivity contribution in [1.82, 2.24) is 5.32 Å². The van der Waals surface area contributed by atoms with Gasteiger partial charge in [-0.3, -0.25) is 10.1 Å². The van der Waals surface area contributed by atoms with Gasteiger partial charge in [-0.25, -0.2) is 4.79 Å². The third-order valence-electron chi connectivity index (χ3n) is 2.55. The lowest BCUT2D eigenvalue weighted by Gasteiger charge is -2.15. The first-order valence-electron chi connectivity index (χ1n) is 5.72. The summed E-state index contributed by atoms with van der Waals surface area (Å²) in [6, 6.07) is 8.69. The molecule has 0 saturated heterocycles. The molecule has 0 aliphatic heterocycles. The smallest absolute Gasteiger partial charge is 0.407 e. The summed E-state index contributed by atoms with van der Waals surface area (Å²) in [7, 11) is 1.22. The maximum absolute atomic E-state index is 11.2. The molecule has 1 N–H and O–H groups in total. The summed E-state index contributed by atoms with van der Waals surface area (Å²) in [5, 5.41) is 13.1. The van der Waals surface area contributed by atoms with Crippen LogP contribution in [-0.4, -0.2) is 30.7 Å². The Bertz CT molecular complexity index is 471. The molecule has 102 valence electrons. The van der Waals surface area contributed by atoms with E-state index in [1.807, 2.05) is 30.3 Å². The third kappa shape index (κ3) is 5.20. The van der Waals surface area contributed by atoms with Gasteiger partial charge in [0.15, 0.2) is 0 Å². The lowest BCUT2D eigenvalue weighted by Crippen LogP contribution is -2.40. The number of nitrogens with zero attached hydrogens (tertiary/aromatic N) is 1. The second-order valence-corrected chi connectivity index (χ2v) is 4.00. The first-order chi connectivity index (χ1) is 9.02. The average molecular weight is 264 g/mol. The molecule has 0 aromatic heterocycles. The number of hydrogen-bond acceptors (Lipinski definition) is 4. The van der Waals surface area contributed by atoms with Crippen molar-refractivity contribution in [3.05, 3.63) is 51.6 Å². The van der Waals surface area contributed by atoms with E-state index in [0.717, 1.165) is 5.56 Å². The summed E-state index contributed by atoms with van der Waals surface area (Å²) in [6.45, 7) is 1.35. The van der Waals surface area contributed by atoms with Gasteiger partial charge in [0.2, 0.25) is 6.54 Å². The van der Waals surface area contributed by atoms with Crippen LogP contribution < -0.4 is 5.32 Å². The van der Waals surface area contributed by atoms with Gasteiger partial charge in [0.1, 0.15) is 6.04 Å². The van der Waals surface area contributed by atoms with E-state index in [2.05, 4.69) is 10.1 Å². The van der Waals surface area contributed by atoms with E-state index < -0.39 is 17.1 Å². The molecule has 0 aliphatic carbocycles. The quantitative estimate of drug-likeness (QED) is 0.652. The number of alkyl carbamates (subject to hydrolysis) is 1. The molecule has 0 saturated carbocycles. The van der Waals surface area contributed by atoms with Gasteiger partial charge in [-0.2, -0.15) is 0 Å². The highest BCUT2D eigenvalue weighted by atomic mass is 16.6.